The molecule has 0 N–H and O–H groups in total. The zero-order valence-corrected chi connectivity index (χ0v) is 12.5. The fourth-order valence-corrected chi connectivity index (χ4v) is 1.91. The Morgan fingerprint density at radius 3 is 2.42 bits per heavy atom. The van der Waals surface area contributed by atoms with Crippen LogP contribution in [0.4, 0.5) is 0 Å². The Morgan fingerprint density at radius 2 is 1.89 bits per heavy atom. The van der Waals surface area contributed by atoms with Crippen molar-refractivity contribution >= 4 is 11.7 Å². The molecule has 1 rings (SSSR count). The topological polar surface area (TPSA) is 37.4 Å². The molecule has 0 spiro atoms. The maximum atomic E-state index is 11.8. The number of hydrogen-bond acceptors (Lipinski definition) is 2. The van der Waals surface area contributed by atoms with Crippen LogP contribution in [0.15, 0.2) is 18.2 Å². The Hall–Kier alpha value is -1.64. The molecule has 104 valence electrons. The number of nitrogens with zero attached hydrogens (tertiary/aromatic N) is 1. The van der Waals surface area contributed by atoms with E-state index < -0.39 is 0 Å². The Bertz CT molecular complexity index is 478. The smallest absolute Gasteiger partial charge is 0.230 e. The van der Waals surface area contributed by atoms with Crippen molar-refractivity contribution in [1.82, 2.24) is 4.90 Å². The fraction of sp³-hybridized carbons (Fsp3) is 0.500. The van der Waals surface area contributed by atoms with Crippen molar-refractivity contribution in [1.29, 1.82) is 0 Å². The van der Waals surface area contributed by atoms with Gasteiger partial charge in [0.15, 0.2) is 0 Å². The molecule has 0 aliphatic carbocycles. The summed E-state index contributed by atoms with van der Waals surface area (Å²) in [4.78, 5) is 24.4. The van der Waals surface area contributed by atoms with Crippen LogP contribution in [0.25, 0.3) is 0 Å². The molecule has 19 heavy (non-hydrogen) atoms. The van der Waals surface area contributed by atoms with Crippen LogP contribution in [0.1, 0.15) is 49.8 Å². The molecule has 3 nitrogen and oxygen atoms in total. The zero-order valence-electron chi connectivity index (χ0n) is 12.5. The van der Waals surface area contributed by atoms with E-state index in [0.29, 0.717) is 12.5 Å². The molecule has 0 aliphatic heterocycles. The van der Waals surface area contributed by atoms with Crippen molar-refractivity contribution < 1.29 is 9.59 Å². The van der Waals surface area contributed by atoms with E-state index in [-0.39, 0.29) is 18.1 Å². The molecular formula is C16H23NO2. The number of Topliss-reactive ketones (excluding diaryl/α,β-unsaturated/α-hetero) is 1. The second kappa shape index (κ2) is 6.50. The lowest BCUT2D eigenvalue weighted by Crippen LogP contribution is -2.27. The number of amides is 1. The molecule has 0 bridgehead atoms. The normalized spacial score (nSPS) is 10.6. The highest BCUT2D eigenvalue weighted by atomic mass is 16.2. The summed E-state index contributed by atoms with van der Waals surface area (Å²) in [6, 6.07) is 6.37. The van der Waals surface area contributed by atoms with Crippen LogP contribution in [-0.2, 0) is 16.1 Å². The van der Waals surface area contributed by atoms with Crippen LogP contribution in [0.2, 0.25) is 0 Å². The molecule has 0 heterocycles. The summed E-state index contributed by atoms with van der Waals surface area (Å²) in [5, 5.41) is 0. The number of aryl methyl sites for hydroxylation is 1. The van der Waals surface area contributed by atoms with Gasteiger partial charge in [-0.3, -0.25) is 9.59 Å². The van der Waals surface area contributed by atoms with Crippen LogP contribution < -0.4 is 0 Å². The molecule has 0 aliphatic rings. The van der Waals surface area contributed by atoms with Gasteiger partial charge < -0.3 is 4.90 Å². The van der Waals surface area contributed by atoms with Crippen LogP contribution in [0, 0.1) is 6.92 Å². The van der Waals surface area contributed by atoms with Crippen molar-refractivity contribution in [3.05, 3.63) is 34.9 Å². The molecule has 1 aromatic rings. The monoisotopic (exact) mass is 261 g/mol. The second-order valence-electron chi connectivity index (χ2n) is 5.47. The summed E-state index contributed by atoms with van der Waals surface area (Å²) in [6.45, 7) is 8.34. The minimum absolute atomic E-state index is 0.0145. The quantitative estimate of drug-likeness (QED) is 0.764. The molecule has 0 unspecified atom stereocenters. The highest BCUT2D eigenvalue weighted by molar-refractivity contribution is 5.96. The van der Waals surface area contributed by atoms with Crippen molar-refractivity contribution in [3.63, 3.8) is 0 Å². The Kier molecular flexibility index (Phi) is 5.28. The average Bonchev–Trinajstić information content (AvgIpc) is 2.30. The van der Waals surface area contributed by atoms with E-state index in [0.717, 1.165) is 5.56 Å². The van der Waals surface area contributed by atoms with E-state index >= 15 is 0 Å². The Balaban J connectivity index is 2.83. The van der Waals surface area contributed by atoms with Crippen LogP contribution in [-0.4, -0.2) is 23.6 Å². The van der Waals surface area contributed by atoms with Crippen LogP contribution >= 0.6 is 0 Å². The van der Waals surface area contributed by atoms with Crippen molar-refractivity contribution in [2.75, 3.05) is 7.05 Å². The molecule has 1 aromatic carbocycles. The predicted octanol–water partition coefficient (Wildman–Crippen LogP) is 3.06. The number of rotatable bonds is 5. The fourth-order valence-electron chi connectivity index (χ4n) is 1.91. The van der Waals surface area contributed by atoms with Gasteiger partial charge in [0.25, 0.3) is 0 Å². The number of carbonyl (C=O) groups excluding carboxylic acids is 2. The van der Waals surface area contributed by atoms with Gasteiger partial charge >= 0.3 is 0 Å². The molecule has 0 atom stereocenters. The molecule has 0 radical (unpaired) electrons. The van der Waals surface area contributed by atoms with E-state index in [1.54, 1.807) is 11.9 Å². The third kappa shape index (κ3) is 4.51. The predicted molar refractivity (Wildman–Crippen MR) is 77.0 cm³/mol. The van der Waals surface area contributed by atoms with E-state index in [9.17, 15) is 9.59 Å². The van der Waals surface area contributed by atoms with Gasteiger partial charge in [-0.25, -0.2) is 0 Å². The van der Waals surface area contributed by atoms with Gasteiger partial charge in [0.05, 0.1) is 6.42 Å². The van der Waals surface area contributed by atoms with Crippen LogP contribution in [0.3, 0.4) is 0 Å². The highest BCUT2D eigenvalue weighted by Crippen LogP contribution is 2.19. The summed E-state index contributed by atoms with van der Waals surface area (Å²) in [5.41, 5.74) is 3.59. The summed E-state index contributed by atoms with van der Waals surface area (Å²) in [5.74, 6) is 0.254. The summed E-state index contributed by atoms with van der Waals surface area (Å²) in [7, 11) is 1.74. The van der Waals surface area contributed by atoms with Gasteiger partial charge in [0.1, 0.15) is 5.78 Å². The first-order valence-corrected chi connectivity index (χ1v) is 6.64. The van der Waals surface area contributed by atoms with Gasteiger partial charge in [-0.15, -0.1) is 0 Å². The minimum atomic E-state index is -0.123. The van der Waals surface area contributed by atoms with Gasteiger partial charge in [-0.2, -0.15) is 0 Å². The standard InChI is InChI=1S/C16H23NO2/c1-11(2)14-7-6-12(3)15(9-14)10-17(5)16(19)8-13(4)18/h6-7,9,11H,8,10H2,1-5H3. The molecule has 1 amide bonds. The summed E-state index contributed by atoms with van der Waals surface area (Å²) >= 11 is 0. The molecule has 0 aromatic heterocycles. The third-order valence-corrected chi connectivity index (χ3v) is 3.27. The van der Waals surface area contributed by atoms with Gasteiger partial charge in [0.2, 0.25) is 5.91 Å². The van der Waals surface area contributed by atoms with Crippen molar-refractivity contribution in [2.24, 2.45) is 0 Å². The number of ketones is 1. The van der Waals surface area contributed by atoms with Crippen LogP contribution in [0.5, 0.6) is 0 Å². The van der Waals surface area contributed by atoms with Crippen molar-refractivity contribution in [3.8, 4) is 0 Å². The SMILES string of the molecule is CC(=O)CC(=O)N(C)Cc1cc(C(C)C)ccc1C. The molecule has 0 saturated heterocycles. The first-order chi connectivity index (χ1) is 8.81. The Labute approximate surface area is 115 Å². The third-order valence-electron chi connectivity index (χ3n) is 3.27. The lowest BCUT2D eigenvalue weighted by Gasteiger charge is -2.19. The number of hydrogen-bond donors (Lipinski definition) is 0. The lowest BCUT2D eigenvalue weighted by atomic mass is 9.97. The minimum Gasteiger partial charge on any atom is -0.341 e. The highest BCUT2D eigenvalue weighted by Gasteiger charge is 2.13. The van der Waals surface area contributed by atoms with Gasteiger partial charge in [-0.05, 0) is 36.5 Å². The first-order valence-electron chi connectivity index (χ1n) is 6.64. The van der Waals surface area contributed by atoms with E-state index in [4.69, 9.17) is 0 Å². The Morgan fingerprint density at radius 1 is 1.26 bits per heavy atom. The zero-order chi connectivity index (χ0) is 14.6. The molecule has 0 saturated carbocycles. The molecule has 3 heteroatoms. The summed E-state index contributed by atoms with van der Waals surface area (Å²) in [6.07, 6.45) is -0.0145. The van der Waals surface area contributed by atoms with Gasteiger partial charge in [-0.1, -0.05) is 32.0 Å². The van der Waals surface area contributed by atoms with E-state index in [1.165, 1.54) is 18.1 Å². The average molecular weight is 261 g/mol. The molecule has 0 fully saturated rings. The lowest BCUT2D eigenvalue weighted by molar-refractivity contribution is -0.134. The maximum Gasteiger partial charge on any atom is 0.230 e. The van der Waals surface area contributed by atoms with Crippen molar-refractivity contribution in [2.45, 2.75) is 46.6 Å². The number of carbonyl (C=O) groups is 2. The van der Waals surface area contributed by atoms with Gasteiger partial charge in [0, 0.05) is 13.6 Å². The van der Waals surface area contributed by atoms with E-state index in [1.807, 2.05) is 6.92 Å². The largest absolute Gasteiger partial charge is 0.341 e. The summed E-state index contributed by atoms with van der Waals surface area (Å²) < 4.78 is 0. The maximum absolute atomic E-state index is 11.8. The second-order valence-corrected chi connectivity index (χ2v) is 5.47. The molecular weight excluding hydrogens is 238 g/mol. The van der Waals surface area contributed by atoms with E-state index in [2.05, 4.69) is 32.0 Å². The number of benzene rings is 1. The first kappa shape index (κ1) is 15.4.